The van der Waals surface area contributed by atoms with Gasteiger partial charge in [0.05, 0.1) is 11.7 Å². The maximum absolute atomic E-state index is 12.1. The summed E-state index contributed by atoms with van der Waals surface area (Å²) in [6.45, 7) is 1.14. The van der Waals surface area contributed by atoms with E-state index in [4.69, 9.17) is 9.84 Å². The summed E-state index contributed by atoms with van der Waals surface area (Å²) in [5, 5.41) is 11.6. The van der Waals surface area contributed by atoms with E-state index in [-0.39, 0.29) is 18.6 Å². The SMILES string of the molecule is O=C(NCCC1CCCCO1)c1ncccc1C#CCO. The number of carbonyl (C=O) groups excluding carboxylic acids is 1. The van der Waals surface area contributed by atoms with Gasteiger partial charge in [0.15, 0.2) is 0 Å². The Morgan fingerprint density at radius 1 is 1.52 bits per heavy atom. The molecule has 5 nitrogen and oxygen atoms in total. The van der Waals surface area contributed by atoms with Crippen molar-refractivity contribution in [3.8, 4) is 11.8 Å². The Kier molecular flexibility index (Phi) is 6.20. The first-order valence-corrected chi connectivity index (χ1v) is 7.26. The van der Waals surface area contributed by atoms with Crippen LogP contribution in [0.25, 0.3) is 0 Å². The minimum Gasteiger partial charge on any atom is -0.384 e. The van der Waals surface area contributed by atoms with E-state index in [2.05, 4.69) is 22.1 Å². The highest BCUT2D eigenvalue weighted by Crippen LogP contribution is 2.15. The van der Waals surface area contributed by atoms with Gasteiger partial charge in [0, 0.05) is 19.3 Å². The third kappa shape index (κ3) is 4.85. The Morgan fingerprint density at radius 2 is 2.43 bits per heavy atom. The maximum atomic E-state index is 12.1. The van der Waals surface area contributed by atoms with Gasteiger partial charge >= 0.3 is 0 Å². The second-order valence-corrected chi connectivity index (χ2v) is 4.89. The fourth-order valence-electron chi connectivity index (χ4n) is 2.29. The van der Waals surface area contributed by atoms with Crippen molar-refractivity contribution in [1.82, 2.24) is 10.3 Å². The molecule has 0 aliphatic carbocycles. The molecule has 2 rings (SSSR count). The zero-order chi connectivity index (χ0) is 14.9. The number of carbonyl (C=O) groups is 1. The molecule has 21 heavy (non-hydrogen) atoms. The molecule has 0 aromatic carbocycles. The maximum Gasteiger partial charge on any atom is 0.271 e. The number of hydrogen-bond donors (Lipinski definition) is 2. The Hall–Kier alpha value is -1.90. The summed E-state index contributed by atoms with van der Waals surface area (Å²) in [7, 11) is 0. The van der Waals surface area contributed by atoms with Gasteiger partial charge in [0.2, 0.25) is 0 Å². The standard InChI is InChI=1S/C16H20N2O3/c19-11-4-6-13-5-3-9-17-15(13)16(20)18-10-8-14-7-1-2-12-21-14/h3,5,9,14,19H,1-2,7-8,10-12H2,(H,18,20). The smallest absolute Gasteiger partial charge is 0.271 e. The fourth-order valence-corrected chi connectivity index (χ4v) is 2.29. The van der Waals surface area contributed by atoms with Crippen molar-refractivity contribution in [3.63, 3.8) is 0 Å². The summed E-state index contributed by atoms with van der Waals surface area (Å²) in [5.41, 5.74) is 0.820. The van der Waals surface area contributed by atoms with Gasteiger partial charge in [-0.3, -0.25) is 4.79 Å². The van der Waals surface area contributed by atoms with Crippen molar-refractivity contribution >= 4 is 5.91 Å². The summed E-state index contributed by atoms with van der Waals surface area (Å²) >= 11 is 0. The van der Waals surface area contributed by atoms with Crippen LogP contribution in [0.4, 0.5) is 0 Å². The number of rotatable bonds is 4. The lowest BCUT2D eigenvalue weighted by Crippen LogP contribution is -2.30. The van der Waals surface area contributed by atoms with Crippen molar-refractivity contribution in [2.75, 3.05) is 19.8 Å². The number of pyridine rings is 1. The third-order valence-corrected chi connectivity index (χ3v) is 3.35. The van der Waals surface area contributed by atoms with Gasteiger partial charge in [-0.1, -0.05) is 11.8 Å². The number of nitrogens with one attached hydrogen (secondary N) is 1. The lowest BCUT2D eigenvalue weighted by atomic mass is 10.1. The number of ether oxygens (including phenoxy) is 1. The van der Waals surface area contributed by atoms with Crippen molar-refractivity contribution in [2.45, 2.75) is 31.8 Å². The molecule has 1 aliphatic rings. The van der Waals surface area contributed by atoms with Crippen molar-refractivity contribution in [1.29, 1.82) is 0 Å². The molecule has 1 amide bonds. The molecule has 2 heterocycles. The van der Waals surface area contributed by atoms with E-state index in [0.717, 1.165) is 25.9 Å². The minimum absolute atomic E-state index is 0.241. The summed E-state index contributed by atoms with van der Waals surface area (Å²) in [6.07, 6.45) is 6.01. The molecule has 1 saturated heterocycles. The Morgan fingerprint density at radius 3 is 3.19 bits per heavy atom. The molecule has 1 aromatic heterocycles. The Balaban J connectivity index is 1.88. The number of aliphatic hydroxyl groups is 1. The zero-order valence-electron chi connectivity index (χ0n) is 12.0. The number of aliphatic hydroxyl groups excluding tert-OH is 1. The Bertz CT molecular complexity index is 528. The second-order valence-electron chi connectivity index (χ2n) is 4.89. The van der Waals surface area contributed by atoms with E-state index in [1.165, 1.54) is 6.42 Å². The molecule has 112 valence electrons. The molecule has 1 unspecified atom stereocenters. The highest BCUT2D eigenvalue weighted by Gasteiger charge is 2.15. The first-order valence-electron chi connectivity index (χ1n) is 7.26. The van der Waals surface area contributed by atoms with Crippen molar-refractivity contribution in [2.24, 2.45) is 0 Å². The van der Waals surface area contributed by atoms with Crippen LogP contribution < -0.4 is 5.32 Å². The average molecular weight is 288 g/mol. The van der Waals surface area contributed by atoms with E-state index >= 15 is 0 Å². The van der Waals surface area contributed by atoms with Crippen LogP contribution in [-0.2, 0) is 4.74 Å². The van der Waals surface area contributed by atoms with Gasteiger partial charge in [-0.15, -0.1) is 0 Å². The van der Waals surface area contributed by atoms with E-state index in [0.29, 0.717) is 17.8 Å². The van der Waals surface area contributed by atoms with Gasteiger partial charge in [0.1, 0.15) is 12.3 Å². The molecule has 2 N–H and O–H groups in total. The molecule has 1 aromatic rings. The van der Waals surface area contributed by atoms with E-state index in [1.54, 1.807) is 18.3 Å². The van der Waals surface area contributed by atoms with Crippen LogP contribution in [0.2, 0.25) is 0 Å². The first kappa shape index (κ1) is 15.5. The number of amides is 1. The topological polar surface area (TPSA) is 71.5 Å². The summed E-state index contributed by atoms with van der Waals surface area (Å²) in [5.74, 6) is 5.03. The number of nitrogens with zero attached hydrogens (tertiary/aromatic N) is 1. The molecule has 1 fully saturated rings. The predicted octanol–water partition coefficient (Wildman–Crippen LogP) is 1.11. The van der Waals surface area contributed by atoms with Crippen LogP contribution in [0.3, 0.4) is 0 Å². The number of aromatic nitrogens is 1. The van der Waals surface area contributed by atoms with E-state index in [9.17, 15) is 4.79 Å². The minimum atomic E-state index is -0.242. The van der Waals surface area contributed by atoms with Crippen LogP contribution in [0.5, 0.6) is 0 Å². The monoisotopic (exact) mass is 288 g/mol. The quantitative estimate of drug-likeness (QED) is 0.814. The van der Waals surface area contributed by atoms with Crippen LogP contribution in [0.1, 0.15) is 41.7 Å². The van der Waals surface area contributed by atoms with Crippen LogP contribution in [-0.4, -0.2) is 41.9 Å². The molecule has 0 radical (unpaired) electrons. The highest BCUT2D eigenvalue weighted by atomic mass is 16.5. The van der Waals surface area contributed by atoms with Crippen molar-refractivity contribution in [3.05, 3.63) is 29.6 Å². The molecule has 1 atom stereocenters. The van der Waals surface area contributed by atoms with Gasteiger partial charge in [0.25, 0.3) is 5.91 Å². The van der Waals surface area contributed by atoms with Crippen LogP contribution in [0.15, 0.2) is 18.3 Å². The van der Waals surface area contributed by atoms with Crippen LogP contribution >= 0.6 is 0 Å². The number of hydrogen-bond acceptors (Lipinski definition) is 4. The second kappa shape index (κ2) is 8.40. The molecule has 5 heteroatoms. The highest BCUT2D eigenvalue weighted by molar-refractivity contribution is 5.94. The van der Waals surface area contributed by atoms with Gasteiger partial charge in [-0.05, 0) is 37.8 Å². The largest absolute Gasteiger partial charge is 0.384 e. The predicted molar refractivity (Wildman–Crippen MR) is 78.7 cm³/mol. The van der Waals surface area contributed by atoms with Crippen molar-refractivity contribution < 1.29 is 14.6 Å². The van der Waals surface area contributed by atoms with E-state index < -0.39 is 0 Å². The average Bonchev–Trinajstić information content (AvgIpc) is 2.54. The normalized spacial score (nSPS) is 17.7. The fraction of sp³-hybridized carbons (Fsp3) is 0.500. The van der Waals surface area contributed by atoms with Crippen LogP contribution in [0, 0.1) is 11.8 Å². The molecule has 1 aliphatic heterocycles. The van der Waals surface area contributed by atoms with Gasteiger partial charge in [-0.2, -0.15) is 0 Å². The summed E-state index contributed by atoms with van der Waals surface area (Å²) in [6, 6.07) is 3.43. The molecule has 0 bridgehead atoms. The molecule has 0 saturated carbocycles. The van der Waals surface area contributed by atoms with Gasteiger partial charge < -0.3 is 15.2 Å². The lowest BCUT2D eigenvalue weighted by Gasteiger charge is -2.22. The molecular formula is C16H20N2O3. The lowest BCUT2D eigenvalue weighted by molar-refractivity contribution is 0.0117. The molecular weight excluding hydrogens is 268 g/mol. The first-order chi connectivity index (χ1) is 10.3. The third-order valence-electron chi connectivity index (χ3n) is 3.35. The van der Waals surface area contributed by atoms with E-state index in [1.807, 2.05) is 0 Å². The Labute approximate surface area is 124 Å². The zero-order valence-corrected chi connectivity index (χ0v) is 12.0. The summed E-state index contributed by atoms with van der Waals surface area (Å²) < 4.78 is 5.63. The summed E-state index contributed by atoms with van der Waals surface area (Å²) in [4.78, 5) is 16.2. The molecule has 0 spiro atoms. The van der Waals surface area contributed by atoms with Gasteiger partial charge in [-0.25, -0.2) is 4.98 Å².